The normalized spacial score (nSPS) is 31.8. The summed E-state index contributed by atoms with van der Waals surface area (Å²) in [6.07, 6.45) is 6.67. The van der Waals surface area contributed by atoms with Crippen molar-refractivity contribution in [2.45, 2.75) is 44.3 Å². The fourth-order valence-electron chi connectivity index (χ4n) is 4.46. The van der Waals surface area contributed by atoms with Crippen molar-refractivity contribution in [3.8, 4) is 0 Å². The summed E-state index contributed by atoms with van der Waals surface area (Å²) in [4.78, 5) is 27.2. The Balaban J connectivity index is 0.00000169. The van der Waals surface area contributed by atoms with E-state index in [4.69, 9.17) is 4.52 Å². The topological polar surface area (TPSA) is 87.5 Å². The molecule has 0 saturated carbocycles. The first-order valence-electron chi connectivity index (χ1n) is 8.42. The molecule has 4 heterocycles. The van der Waals surface area contributed by atoms with E-state index in [2.05, 4.69) is 15.8 Å². The number of amides is 2. The van der Waals surface area contributed by atoms with Crippen LogP contribution in [0.25, 0.3) is 0 Å². The average molecular weight is 355 g/mol. The molecule has 1 aromatic rings. The monoisotopic (exact) mass is 354 g/mol. The van der Waals surface area contributed by atoms with E-state index in [-0.39, 0.29) is 42.2 Å². The maximum absolute atomic E-state index is 12.8. The molecule has 3 aliphatic rings. The molecule has 24 heavy (non-hydrogen) atoms. The summed E-state index contributed by atoms with van der Waals surface area (Å²) in [5.41, 5.74) is 0.829. The number of hydrogen-bond donors (Lipinski definition) is 2. The highest BCUT2D eigenvalue weighted by atomic mass is 35.5. The first-order chi connectivity index (χ1) is 11.2. The third-order valence-corrected chi connectivity index (χ3v) is 5.46. The summed E-state index contributed by atoms with van der Waals surface area (Å²) in [6, 6.07) is -0.136. The van der Waals surface area contributed by atoms with E-state index in [0.29, 0.717) is 18.9 Å². The Hall–Kier alpha value is -1.60. The number of carbonyl (C=O) groups excluding carboxylic acids is 2. The second kappa shape index (κ2) is 7.11. The Morgan fingerprint density at radius 1 is 1.42 bits per heavy atom. The number of hydrogen-bond acceptors (Lipinski definition) is 5. The van der Waals surface area contributed by atoms with Crippen LogP contribution in [-0.2, 0) is 16.1 Å². The van der Waals surface area contributed by atoms with Gasteiger partial charge in [-0.05, 0) is 31.7 Å². The minimum atomic E-state index is -0.350. The summed E-state index contributed by atoms with van der Waals surface area (Å²) in [5, 5.41) is 10.0. The Kier molecular flexibility index (Phi) is 5.10. The van der Waals surface area contributed by atoms with Crippen LogP contribution in [0.5, 0.6) is 0 Å². The third-order valence-electron chi connectivity index (χ3n) is 5.46. The lowest BCUT2D eigenvalue weighted by Crippen LogP contribution is -2.67. The van der Waals surface area contributed by atoms with E-state index >= 15 is 0 Å². The van der Waals surface area contributed by atoms with Crippen molar-refractivity contribution in [2.75, 3.05) is 13.1 Å². The van der Waals surface area contributed by atoms with Crippen LogP contribution in [0.2, 0.25) is 0 Å². The van der Waals surface area contributed by atoms with Gasteiger partial charge in [0.1, 0.15) is 12.3 Å². The molecule has 4 atom stereocenters. The molecule has 132 valence electrons. The van der Waals surface area contributed by atoms with Crippen LogP contribution in [0.1, 0.15) is 31.2 Å². The Morgan fingerprint density at radius 3 is 3.04 bits per heavy atom. The van der Waals surface area contributed by atoms with Crippen LogP contribution < -0.4 is 10.6 Å². The molecular weight excluding hydrogens is 332 g/mol. The van der Waals surface area contributed by atoms with Gasteiger partial charge < -0.3 is 20.1 Å². The number of halogens is 1. The lowest BCUT2D eigenvalue weighted by Gasteiger charge is -2.53. The molecule has 4 rings (SSSR count). The Morgan fingerprint density at radius 2 is 2.25 bits per heavy atom. The number of aromatic nitrogens is 1. The SMILES string of the molecule is Cl.O=C(NCc1cnoc1)[C@H]1[C@@H]2CNC[C@@H](C2)[C@@H]2CCCC(=O)N21. The molecule has 3 saturated heterocycles. The molecule has 0 spiro atoms. The predicted molar refractivity (Wildman–Crippen MR) is 88.3 cm³/mol. The quantitative estimate of drug-likeness (QED) is 0.834. The van der Waals surface area contributed by atoms with E-state index < -0.39 is 0 Å². The fourth-order valence-corrected chi connectivity index (χ4v) is 4.46. The van der Waals surface area contributed by atoms with Gasteiger partial charge in [-0.15, -0.1) is 12.4 Å². The highest BCUT2D eigenvalue weighted by Crippen LogP contribution is 2.39. The van der Waals surface area contributed by atoms with Gasteiger partial charge in [0.25, 0.3) is 0 Å². The number of nitrogens with zero attached hydrogens (tertiary/aromatic N) is 2. The summed E-state index contributed by atoms with van der Waals surface area (Å²) in [7, 11) is 0. The van der Waals surface area contributed by atoms with Crippen LogP contribution >= 0.6 is 12.4 Å². The van der Waals surface area contributed by atoms with Gasteiger partial charge in [0, 0.05) is 37.0 Å². The number of rotatable bonds is 3. The van der Waals surface area contributed by atoms with Crippen LogP contribution in [-0.4, -0.2) is 47.0 Å². The molecule has 0 aliphatic carbocycles. The van der Waals surface area contributed by atoms with Crippen molar-refractivity contribution in [1.29, 1.82) is 0 Å². The zero-order valence-electron chi connectivity index (χ0n) is 13.4. The Bertz CT molecular complexity index is 594. The molecule has 8 heteroatoms. The van der Waals surface area contributed by atoms with Gasteiger partial charge in [0.15, 0.2) is 0 Å². The van der Waals surface area contributed by atoms with Gasteiger partial charge in [-0.2, -0.15) is 0 Å². The van der Waals surface area contributed by atoms with Gasteiger partial charge >= 0.3 is 0 Å². The maximum Gasteiger partial charge on any atom is 0.243 e. The second-order valence-corrected chi connectivity index (χ2v) is 6.87. The minimum absolute atomic E-state index is 0. The van der Waals surface area contributed by atoms with E-state index in [1.165, 1.54) is 6.26 Å². The maximum atomic E-state index is 12.8. The molecule has 3 fully saturated rings. The second-order valence-electron chi connectivity index (χ2n) is 6.87. The minimum Gasteiger partial charge on any atom is -0.364 e. The predicted octanol–water partition coefficient (Wildman–Crippen LogP) is 0.702. The van der Waals surface area contributed by atoms with Crippen molar-refractivity contribution in [3.63, 3.8) is 0 Å². The van der Waals surface area contributed by atoms with Gasteiger partial charge in [-0.1, -0.05) is 5.16 Å². The molecule has 0 radical (unpaired) electrons. The smallest absolute Gasteiger partial charge is 0.243 e. The molecule has 0 unspecified atom stereocenters. The summed E-state index contributed by atoms with van der Waals surface area (Å²) >= 11 is 0. The van der Waals surface area contributed by atoms with Crippen LogP contribution in [0.4, 0.5) is 0 Å². The molecule has 2 N–H and O–H groups in total. The Labute approximate surface area is 146 Å². The molecule has 0 aromatic carbocycles. The first kappa shape index (κ1) is 17.2. The lowest BCUT2D eigenvalue weighted by atomic mass is 9.72. The molecular formula is C16H23ClN4O3. The number of carbonyl (C=O) groups is 2. The van der Waals surface area contributed by atoms with Crippen molar-refractivity contribution < 1.29 is 14.1 Å². The molecule has 2 amide bonds. The summed E-state index contributed by atoms with van der Waals surface area (Å²) < 4.78 is 4.78. The van der Waals surface area contributed by atoms with Crippen molar-refractivity contribution in [2.24, 2.45) is 11.8 Å². The van der Waals surface area contributed by atoms with Gasteiger partial charge in [-0.25, -0.2) is 0 Å². The first-order valence-corrected chi connectivity index (χ1v) is 8.42. The van der Waals surface area contributed by atoms with Crippen molar-refractivity contribution >= 4 is 24.2 Å². The van der Waals surface area contributed by atoms with E-state index in [0.717, 1.165) is 37.9 Å². The average Bonchev–Trinajstić information content (AvgIpc) is 3.08. The molecule has 1 aromatic heterocycles. The van der Waals surface area contributed by atoms with E-state index in [1.54, 1.807) is 6.20 Å². The highest BCUT2D eigenvalue weighted by molar-refractivity contribution is 5.89. The standard InChI is InChI=1S/C16H22N4O3.ClH/c21-14-3-1-2-13-11-4-12(8-17-7-11)15(20(13)14)16(22)18-5-10-6-19-23-9-10;/h6,9,11-13,15,17H,1-5,7-8H2,(H,18,22);1H/t11-,12+,13+,15-;/m1./s1. The summed E-state index contributed by atoms with van der Waals surface area (Å²) in [5.74, 6) is 0.774. The molecule has 3 aliphatic heterocycles. The van der Waals surface area contributed by atoms with Gasteiger partial charge in [0.05, 0.1) is 6.20 Å². The summed E-state index contributed by atoms with van der Waals surface area (Å²) in [6.45, 7) is 2.15. The number of fused-ring (bicyclic) bond motifs is 4. The van der Waals surface area contributed by atoms with E-state index in [1.807, 2.05) is 4.90 Å². The molecule has 2 bridgehead atoms. The zero-order chi connectivity index (χ0) is 15.8. The van der Waals surface area contributed by atoms with Crippen molar-refractivity contribution in [1.82, 2.24) is 20.7 Å². The van der Waals surface area contributed by atoms with Crippen LogP contribution in [0, 0.1) is 11.8 Å². The number of piperidine rings is 3. The van der Waals surface area contributed by atoms with Crippen molar-refractivity contribution in [3.05, 3.63) is 18.0 Å². The van der Waals surface area contributed by atoms with Crippen LogP contribution in [0.3, 0.4) is 0 Å². The lowest BCUT2D eigenvalue weighted by molar-refractivity contribution is -0.157. The molecule has 7 nitrogen and oxygen atoms in total. The third kappa shape index (κ3) is 3.02. The zero-order valence-corrected chi connectivity index (χ0v) is 14.3. The number of nitrogens with one attached hydrogen (secondary N) is 2. The van der Waals surface area contributed by atoms with Gasteiger partial charge in [-0.3, -0.25) is 9.59 Å². The fraction of sp³-hybridized carbons (Fsp3) is 0.688. The van der Waals surface area contributed by atoms with Gasteiger partial charge in [0.2, 0.25) is 11.8 Å². The van der Waals surface area contributed by atoms with Crippen LogP contribution in [0.15, 0.2) is 17.0 Å². The highest BCUT2D eigenvalue weighted by Gasteiger charge is 2.50. The van der Waals surface area contributed by atoms with E-state index in [9.17, 15) is 9.59 Å². The largest absolute Gasteiger partial charge is 0.364 e.